The van der Waals surface area contributed by atoms with Crippen molar-refractivity contribution in [3.05, 3.63) is 0 Å². The quantitative estimate of drug-likeness (QED) is 0.105. The number of hydrogen-bond acceptors (Lipinski definition) is 8. The Bertz CT molecular complexity index is 745. The van der Waals surface area contributed by atoms with E-state index in [4.69, 9.17) is 16.6 Å². The molecule has 0 fully saturated rings. The molecule has 0 aromatic heterocycles. The molecule has 0 saturated carbocycles. The number of rotatable bonds is 16. The van der Waals surface area contributed by atoms with Crippen LogP contribution >= 0.6 is 0 Å². The van der Waals surface area contributed by atoms with Gasteiger partial charge in [-0.3, -0.25) is 24.0 Å². The minimum absolute atomic E-state index is 0.207. The summed E-state index contributed by atoms with van der Waals surface area (Å²) >= 11 is 0. The van der Waals surface area contributed by atoms with Crippen LogP contribution in [0.1, 0.15) is 52.9 Å². The van der Waals surface area contributed by atoms with Crippen molar-refractivity contribution < 1.29 is 39.0 Å². The summed E-state index contributed by atoms with van der Waals surface area (Å²) in [6, 6.07) is -5.53. The Kier molecular flexibility index (Phi) is 14.1. The van der Waals surface area contributed by atoms with Crippen molar-refractivity contribution in [3.63, 3.8) is 0 Å². The van der Waals surface area contributed by atoms with E-state index in [9.17, 15) is 33.9 Å². The van der Waals surface area contributed by atoms with Crippen molar-refractivity contribution in [2.45, 2.75) is 83.1 Å². The predicted molar refractivity (Wildman–Crippen MR) is 120 cm³/mol. The normalized spacial score (nSPS) is 15.1. The lowest BCUT2D eigenvalue weighted by molar-refractivity contribution is -0.142. The van der Waals surface area contributed by atoms with Gasteiger partial charge in [-0.25, -0.2) is 4.79 Å². The van der Waals surface area contributed by atoms with E-state index in [0.717, 1.165) is 0 Å². The lowest BCUT2D eigenvalue weighted by Crippen LogP contribution is -2.54. The summed E-state index contributed by atoms with van der Waals surface area (Å²) in [5, 5.41) is 27.5. The summed E-state index contributed by atoms with van der Waals surface area (Å²) in [6.07, 6.45) is 0.744. The fraction of sp³-hybridized carbons (Fsp3) is 0.700. The highest BCUT2D eigenvalue weighted by Crippen LogP contribution is 2.05. The maximum atomic E-state index is 12.7. The Labute approximate surface area is 197 Å². The molecule has 34 heavy (non-hydrogen) atoms. The molecule has 0 aliphatic heterocycles. The zero-order chi connectivity index (χ0) is 26.4. The number of aliphatic carboxylic acids is 2. The molecule has 4 amide bonds. The summed E-state index contributed by atoms with van der Waals surface area (Å²) in [5.41, 5.74) is 10.9. The van der Waals surface area contributed by atoms with Crippen LogP contribution in [0.3, 0.4) is 0 Å². The van der Waals surface area contributed by atoms with Gasteiger partial charge in [0.1, 0.15) is 24.2 Å². The van der Waals surface area contributed by atoms with Crippen LogP contribution in [0, 0.1) is 0 Å². The van der Waals surface area contributed by atoms with Gasteiger partial charge in [-0.05, 0) is 53.0 Å². The minimum Gasteiger partial charge on any atom is -0.480 e. The van der Waals surface area contributed by atoms with Crippen LogP contribution in [0.5, 0.6) is 0 Å². The van der Waals surface area contributed by atoms with Gasteiger partial charge in [-0.15, -0.1) is 0 Å². The van der Waals surface area contributed by atoms with Gasteiger partial charge in [0, 0.05) is 6.42 Å². The van der Waals surface area contributed by atoms with Crippen LogP contribution in [0.4, 0.5) is 0 Å². The average molecular weight is 489 g/mol. The van der Waals surface area contributed by atoms with E-state index in [1.807, 2.05) is 0 Å². The first-order chi connectivity index (χ1) is 15.8. The van der Waals surface area contributed by atoms with E-state index in [2.05, 4.69) is 21.3 Å². The molecule has 0 unspecified atom stereocenters. The topological polar surface area (TPSA) is 243 Å². The molecule has 0 saturated heterocycles. The van der Waals surface area contributed by atoms with Gasteiger partial charge < -0.3 is 42.9 Å². The fourth-order valence-electron chi connectivity index (χ4n) is 2.64. The number of unbranched alkanes of at least 4 members (excludes halogenated alkanes) is 1. The molecule has 0 aromatic rings. The minimum atomic E-state index is -1.34. The molecule has 194 valence electrons. The second-order valence-corrected chi connectivity index (χ2v) is 7.93. The van der Waals surface area contributed by atoms with Crippen LogP contribution < -0.4 is 32.7 Å². The summed E-state index contributed by atoms with van der Waals surface area (Å²) in [5.74, 6) is -5.28. The van der Waals surface area contributed by atoms with Crippen LogP contribution in [0.2, 0.25) is 0 Å². The van der Waals surface area contributed by atoms with Crippen LogP contribution in [0.25, 0.3) is 0 Å². The molecule has 0 aromatic carbocycles. The SMILES string of the molecule is C[C@H](N)C(=O)N[C@H](CCC(=O)N[C@@H](CCCCN)C(=O)N[C@H](C)C(=O)N[C@H](C)C(=O)O)C(=O)O. The Morgan fingerprint density at radius 3 is 1.79 bits per heavy atom. The molecule has 14 nitrogen and oxygen atoms in total. The third kappa shape index (κ3) is 12.1. The van der Waals surface area contributed by atoms with Gasteiger partial charge in [0.05, 0.1) is 6.04 Å². The van der Waals surface area contributed by atoms with Gasteiger partial charge in [-0.2, -0.15) is 0 Å². The fourth-order valence-corrected chi connectivity index (χ4v) is 2.64. The number of nitrogens with two attached hydrogens (primary N) is 2. The predicted octanol–water partition coefficient (Wildman–Crippen LogP) is -2.61. The first-order valence-corrected chi connectivity index (χ1v) is 10.9. The molecule has 0 aliphatic rings. The van der Waals surface area contributed by atoms with Crippen LogP contribution in [-0.2, 0) is 28.8 Å². The van der Waals surface area contributed by atoms with Crippen molar-refractivity contribution in [1.82, 2.24) is 21.3 Å². The lowest BCUT2D eigenvalue weighted by Gasteiger charge is -2.22. The summed E-state index contributed by atoms with van der Waals surface area (Å²) in [7, 11) is 0. The molecule has 0 aliphatic carbocycles. The summed E-state index contributed by atoms with van der Waals surface area (Å²) < 4.78 is 0. The molecule has 10 N–H and O–H groups in total. The molecule has 0 rings (SSSR count). The standard InChI is InChI=1S/C20H36N6O8/c1-10(22)16(28)26-14(20(33)34)7-8-15(27)25-13(6-4-5-9-21)18(30)23-11(2)17(29)24-12(3)19(31)32/h10-14H,4-9,21-22H2,1-3H3,(H,23,30)(H,24,29)(H,25,27)(H,26,28)(H,31,32)(H,33,34)/t10-,11+,12+,13-,14+/m0/s1. The maximum absolute atomic E-state index is 12.7. The van der Waals surface area contributed by atoms with E-state index in [0.29, 0.717) is 19.4 Å². The highest BCUT2D eigenvalue weighted by molar-refractivity contribution is 5.93. The molecule has 0 bridgehead atoms. The van der Waals surface area contributed by atoms with E-state index in [-0.39, 0.29) is 19.3 Å². The van der Waals surface area contributed by atoms with Crippen LogP contribution in [-0.4, -0.2) is 82.5 Å². The first-order valence-electron chi connectivity index (χ1n) is 10.9. The summed E-state index contributed by atoms with van der Waals surface area (Å²) in [6.45, 7) is 4.38. The zero-order valence-electron chi connectivity index (χ0n) is 19.6. The number of carboxylic acid groups (broad SMARTS) is 2. The Balaban J connectivity index is 5.05. The Morgan fingerprint density at radius 1 is 0.706 bits per heavy atom. The highest BCUT2D eigenvalue weighted by atomic mass is 16.4. The number of amides is 4. The number of nitrogens with one attached hydrogen (secondary N) is 4. The zero-order valence-corrected chi connectivity index (χ0v) is 19.6. The van der Waals surface area contributed by atoms with Gasteiger partial charge >= 0.3 is 11.9 Å². The first kappa shape index (κ1) is 30.7. The smallest absolute Gasteiger partial charge is 0.326 e. The molecule has 0 spiro atoms. The molecular weight excluding hydrogens is 452 g/mol. The molecule has 5 atom stereocenters. The third-order valence-corrected chi connectivity index (χ3v) is 4.77. The monoisotopic (exact) mass is 488 g/mol. The van der Waals surface area contributed by atoms with Gasteiger partial charge in [0.15, 0.2) is 0 Å². The number of carbonyl (C=O) groups excluding carboxylic acids is 4. The van der Waals surface area contributed by atoms with Gasteiger partial charge in [-0.1, -0.05) is 0 Å². The number of carboxylic acids is 2. The summed E-state index contributed by atoms with van der Waals surface area (Å²) in [4.78, 5) is 71.0. The molecule has 0 heterocycles. The van der Waals surface area contributed by atoms with Crippen LogP contribution in [0.15, 0.2) is 0 Å². The molecule has 0 radical (unpaired) electrons. The van der Waals surface area contributed by atoms with Crippen molar-refractivity contribution in [2.75, 3.05) is 6.54 Å². The number of hydrogen-bond donors (Lipinski definition) is 8. The lowest BCUT2D eigenvalue weighted by atomic mass is 10.1. The van der Waals surface area contributed by atoms with E-state index < -0.39 is 65.8 Å². The van der Waals surface area contributed by atoms with Crippen molar-refractivity contribution in [2.24, 2.45) is 11.5 Å². The highest BCUT2D eigenvalue weighted by Gasteiger charge is 2.27. The van der Waals surface area contributed by atoms with Gasteiger partial charge in [0.25, 0.3) is 0 Å². The van der Waals surface area contributed by atoms with Crippen molar-refractivity contribution in [3.8, 4) is 0 Å². The molecule has 14 heteroatoms. The number of carbonyl (C=O) groups is 6. The Hall–Kier alpha value is -3.26. The van der Waals surface area contributed by atoms with Gasteiger partial charge in [0.2, 0.25) is 23.6 Å². The van der Waals surface area contributed by atoms with Crippen molar-refractivity contribution >= 4 is 35.6 Å². The average Bonchev–Trinajstić information content (AvgIpc) is 2.74. The second kappa shape index (κ2) is 15.6. The van der Waals surface area contributed by atoms with E-state index in [1.54, 1.807) is 0 Å². The van der Waals surface area contributed by atoms with Crippen molar-refractivity contribution in [1.29, 1.82) is 0 Å². The van der Waals surface area contributed by atoms with E-state index in [1.165, 1.54) is 20.8 Å². The Morgan fingerprint density at radius 2 is 1.29 bits per heavy atom. The second-order valence-electron chi connectivity index (χ2n) is 7.93. The largest absolute Gasteiger partial charge is 0.480 e. The maximum Gasteiger partial charge on any atom is 0.326 e. The third-order valence-electron chi connectivity index (χ3n) is 4.77. The van der Waals surface area contributed by atoms with E-state index >= 15 is 0 Å². The molecular formula is C20H36N6O8.